The van der Waals surface area contributed by atoms with Gasteiger partial charge in [0.2, 0.25) is 0 Å². The Morgan fingerprint density at radius 3 is 2.27 bits per heavy atom. The molecule has 26 heavy (non-hydrogen) atoms. The van der Waals surface area contributed by atoms with E-state index in [1.807, 2.05) is 19.1 Å². The van der Waals surface area contributed by atoms with Gasteiger partial charge in [-0.2, -0.15) is 0 Å². The first-order valence-corrected chi connectivity index (χ1v) is 8.83. The molecule has 2 aromatic carbocycles. The first kappa shape index (κ1) is 19.6. The van der Waals surface area contributed by atoms with Crippen molar-refractivity contribution in [2.75, 3.05) is 20.8 Å². The van der Waals surface area contributed by atoms with E-state index in [9.17, 15) is 4.79 Å². The van der Waals surface area contributed by atoms with Crippen molar-refractivity contribution >= 4 is 11.9 Å². The monoisotopic (exact) mass is 354 g/mol. The summed E-state index contributed by atoms with van der Waals surface area (Å²) in [7, 11) is 3.26. The van der Waals surface area contributed by atoms with Crippen LogP contribution in [0.5, 0.6) is 17.2 Å². The second-order valence-electron chi connectivity index (χ2n) is 5.81. The van der Waals surface area contributed by atoms with Gasteiger partial charge in [0.1, 0.15) is 17.2 Å². The zero-order valence-corrected chi connectivity index (χ0v) is 15.9. The van der Waals surface area contributed by atoms with Crippen molar-refractivity contribution in [3.63, 3.8) is 0 Å². The maximum atomic E-state index is 12.4. The molecular formula is C22H26O4. The molecule has 0 amide bonds. The zero-order chi connectivity index (χ0) is 18.9. The van der Waals surface area contributed by atoms with Gasteiger partial charge in [-0.05, 0) is 61.4 Å². The number of carbonyl (C=O) groups is 1. The normalized spacial score (nSPS) is 10.8. The minimum Gasteiger partial charge on any atom is -0.496 e. The first-order chi connectivity index (χ1) is 12.6. The van der Waals surface area contributed by atoms with Crippen molar-refractivity contribution in [2.24, 2.45) is 0 Å². The molecule has 0 spiro atoms. The molecule has 0 saturated carbocycles. The Kier molecular flexibility index (Phi) is 7.27. The summed E-state index contributed by atoms with van der Waals surface area (Å²) in [5, 5.41) is 0. The summed E-state index contributed by atoms with van der Waals surface area (Å²) in [5.41, 5.74) is 2.57. The summed E-state index contributed by atoms with van der Waals surface area (Å²) in [5.74, 6) is 2.17. The topological polar surface area (TPSA) is 44.8 Å². The van der Waals surface area contributed by atoms with Gasteiger partial charge in [0.15, 0.2) is 5.78 Å². The van der Waals surface area contributed by atoms with E-state index < -0.39 is 0 Å². The molecule has 0 N–H and O–H groups in total. The third-order valence-corrected chi connectivity index (χ3v) is 4.02. The highest BCUT2D eigenvalue weighted by atomic mass is 16.5. The summed E-state index contributed by atoms with van der Waals surface area (Å²) in [6, 6.07) is 11.0. The number of ketones is 1. The molecule has 4 nitrogen and oxygen atoms in total. The first-order valence-electron chi connectivity index (χ1n) is 8.83. The van der Waals surface area contributed by atoms with Crippen molar-refractivity contribution in [3.05, 3.63) is 59.2 Å². The SMILES string of the molecule is CCCc1cc(/C=C/C(=O)c2ccc(OCC)cc2)c(OC)cc1OC. The predicted molar refractivity (Wildman–Crippen MR) is 105 cm³/mol. The Balaban J connectivity index is 2.24. The van der Waals surface area contributed by atoms with Crippen molar-refractivity contribution in [1.29, 1.82) is 0 Å². The summed E-state index contributed by atoms with van der Waals surface area (Å²) in [6.07, 6.45) is 5.27. The molecule has 0 heterocycles. The molecular weight excluding hydrogens is 328 g/mol. The maximum Gasteiger partial charge on any atom is 0.185 e. The number of aryl methyl sites for hydroxylation is 1. The molecule has 2 aromatic rings. The Hall–Kier alpha value is -2.75. The third-order valence-electron chi connectivity index (χ3n) is 4.02. The van der Waals surface area contributed by atoms with E-state index in [1.54, 1.807) is 50.6 Å². The molecule has 0 radical (unpaired) electrons. The number of benzene rings is 2. The molecule has 0 aliphatic heterocycles. The fourth-order valence-corrected chi connectivity index (χ4v) is 2.73. The van der Waals surface area contributed by atoms with E-state index >= 15 is 0 Å². The van der Waals surface area contributed by atoms with Crippen LogP contribution in [-0.4, -0.2) is 26.6 Å². The van der Waals surface area contributed by atoms with Gasteiger partial charge in [-0.15, -0.1) is 0 Å². The highest BCUT2D eigenvalue weighted by Crippen LogP contribution is 2.31. The van der Waals surface area contributed by atoms with E-state index in [-0.39, 0.29) is 5.78 Å². The number of ether oxygens (including phenoxy) is 3. The Morgan fingerprint density at radius 2 is 1.69 bits per heavy atom. The minimum atomic E-state index is -0.0667. The van der Waals surface area contributed by atoms with Crippen molar-refractivity contribution in [1.82, 2.24) is 0 Å². The number of allylic oxidation sites excluding steroid dienone is 1. The second-order valence-corrected chi connectivity index (χ2v) is 5.81. The molecule has 0 fully saturated rings. The smallest absolute Gasteiger partial charge is 0.185 e. The Morgan fingerprint density at radius 1 is 1.00 bits per heavy atom. The van der Waals surface area contributed by atoms with E-state index in [2.05, 4.69) is 6.92 Å². The van der Waals surface area contributed by atoms with Gasteiger partial charge in [0.05, 0.1) is 20.8 Å². The van der Waals surface area contributed by atoms with E-state index in [0.717, 1.165) is 35.5 Å². The molecule has 0 aliphatic carbocycles. The van der Waals surface area contributed by atoms with E-state index in [1.165, 1.54) is 0 Å². The van der Waals surface area contributed by atoms with Crippen LogP contribution >= 0.6 is 0 Å². The molecule has 0 atom stereocenters. The summed E-state index contributed by atoms with van der Waals surface area (Å²) in [4.78, 5) is 12.4. The summed E-state index contributed by atoms with van der Waals surface area (Å²) in [6.45, 7) is 4.65. The zero-order valence-electron chi connectivity index (χ0n) is 15.9. The van der Waals surface area contributed by atoms with Gasteiger partial charge >= 0.3 is 0 Å². The van der Waals surface area contributed by atoms with E-state index in [4.69, 9.17) is 14.2 Å². The lowest BCUT2D eigenvalue weighted by atomic mass is 10.0. The van der Waals surface area contributed by atoms with Crippen LogP contribution in [0.4, 0.5) is 0 Å². The quantitative estimate of drug-likeness (QED) is 0.472. The van der Waals surface area contributed by atoms with Crippen LogP contribution in [0.2, 0.25) is 0 Å². The van der Waals surface area contributed by atoms with Crippen molar-refractivity contribution in [2.45, 2.75) is 26.7 Å². The van der Waals surface area contributed by atoms with Crippen molar-refractivity contribution in [3.8, 4) is 17.2 Å². The Bertz CT molecular complexity index is 760. The van der Waals surface area contributed by atoms with Crippen LogP contribution in [0.1, 0.15) is 41.8 Å². The number of hydrogen-bond acceptors (Lipinski definition) is 4. The number of rotatable bonds is 9. The number of hydrogen-bond donors (Lipinski definition) is 0. The number of methoxy groups -OCH3 is 2. The lowest BCUT2D eigenvalue weighted by Gasteiger charge is -2.12. The summed E-state index contributed by atoms with van der Waals surface area (Å²) < 4.78 is 16.3. The lowest BCUT2D eigenvalue weighted by molar-refractivity contribution is 0.104. The van der Waals surface area contributed by atoms with Crippen LogP contribution in [0, 0.1) is 0 Å². The average Bonchev–Trinajstić information content (AvgIpc) is 2.67. The van der Waals surface area contributed by atoms with Gasteiger partial charge in [-0.3, -0.25) is 4.79 Å². The van der Waals surface area contributed by atoms with Crippen LogP contribution in [0.3, 0.4) is 0 Å². The highest BCUT2D eigenvalue weighted by Gasteiger charge is 2.10. The molecule has 0 unspecified atom stereocenters. The van der Waals surface area contributed by atoms with Gasteiger partial charge in [-0.25, -0.2) is 0 Å². The Labute approximate surface area is 155 Å². The number of carbonyl (C=O) groups excluding carboxylic acids is 1. The molecule has 0 aromatic heterocycles. The van der Waals surface area contributed by atoms with Gasteiger partial charge in [0.25, 0.3) is 0 Å². The predicted octanol–water partition coefficient (Wildman–Crippen LogP) is 4.95. The van der Waals surface area contributed by atoms with Crippen LogP contribution in [0.15, 0.2) is 42.5 Å². The molecule has 4 heteroatoms. The van der Waals surface area contributed by atoms with Gasteiger partial charge in [0, 0.05) is 17.2 Å². The standard InChI is InChI=1S/C22H26O4/c1-5-7-17-14-18(22(25-4)15-21(17)24-3)10-13-20(23)16-8-11-19(12-9-16)26-6-2/h8-15H,5-7H2,1-4H3/b13-10+. The summed E-state index contributed by atoms with van der Waals surface area (Å²) >= 11 is 0. The second kappa shape index (κ2) is 9.66. The molecule has 2 rings (SSSR count). The molecule has 0 bridgehead atoms. The fourth-order valence-electron chi connectivity index (χ4n) is 2.73. The molecule has 138 valence electrons. The van der Waals surface area contributed by atoms with Crippen LogP contribution in [-0.2, 0) is 6.42 Å². The van der Waals surface area contributed by atoms with Crippen molar-refractivity contribution < 1.29 is 19.0 Å². The van der Waals surface area contributed by atoms with Crippen LogP contribution < -0.4 is 14.2 Å². The third kappa shape index (κ3) is 4.88. The average molecular weight is 354 g/mol. The fraction of sp³-hybridized carbons (Fsp3) is 0.318. The molecule has 0 saturated heterocycles. The van der Waals surface area contributed by atoms with Gasteiger partial charge < -0.3 is 14.2 Å². The largest absolute Gasteiger partial charge is 0.496 e. The van der Waals surface area contributed by atoms with Crippen LogP contribution in [0.25, 0.3) is 6.08 Å². The van der Waals surface area contributed by atoms with Gasteiger partial charge in [-0.1, -0.05) is 13.3 Å². The van der Waals surface area contributed by atoms with E-state index in [0.29, 0.717) is 17.9 Å². The lowest BCUT2D eigenvalue weighted by Crippen LogP contribution is -1.98. The highest BCUT2D eigenvalue weighted by molar-refractivity contribution is 6.07. The maximum absolute atomic E-state index is 12.4. The molecule has 0 aliphatic rings. The minimum absolute atomic E-state index is 0.0667.